The molecule has 7 nitrogen and oxygen atoms in total. The van der Waals surface area contributed by atoms with Gasteiger partial charge in [0.1, 0.15) is 6.54 Å². The third kappa shape index (κ3) is 4.12. The summed E-state index contributed by atoms with van der Waals surface area (Å²) in [5, 5.41) is 4.44. The van der Waals surface area contributed by atoms with Gasteiger partial charge in [0.05, 0.1) is 11.9 Å². The second-order valence-electron chi connectivity index (χ2n) is 6.73. The van der Waals surface area contributed by atoms with Crippen molar-refractivity contribution in [2.24, 2.45) is 0 Å². The van der Waals surface area contributed by atoms with Crippen LogP contribution < -0.4 is 19.1 Å². The van der Waals surface area contributed by atoms with Crippen LogP contribution in [-0.2, 0) is 21.4 Å². The number of fused-ring (bicyclic) bond motifs is 2. The number of benzene rings is 3. The summed E-state index contributed by atoms with van der Waals surface area (Å²) in [6.45, 7) is 0.125. The minimum atomic E-state index is -3.66. The number of carbonyl (C=O) groups is 1. The van der Waals surface area contributed by atoms with Crippen LogP contribution in [0, 0.1) is 0 Å². The van der Waals surface area contributed by atoms with Crippen molar-refractivity contribution < 1.29 is 22.7 Å². The molecule has 8 heteroatoms. The SMILES string of the molecule is CS(=O)(=O)N(CC(=O)NCc1ccc2c(c1)OCO2)c1cccc2ccccc12. The fourth-order valence-electron chi connectivity index (χ4n) is 3.24. The lowest BCUT2D eigenvalue weighted by atomic mass is 10.1. The minimum Gasteiger partial charge on any atom is -0.454 e. The van der Waals surface area contributed by atoms with Gasteiger partial charge in [0.25, 0.3) is 0 Å². The molecule has 0 unspecified atom stereocenters. The van der Waals surface area contributed by atoms with Gasteiger partial charge in [-0.05, 0) is 29.1 Å². The number of sulfonamides is 1. The van der Waals surface area contributed by atoms with Gasteiger partial charge >= 0.3 is 0 Å². The molecule has 29 heavy (non-hydrogen) atoms. The molecule has 0 saturated carbocycles. The highest BCUT2D eigenvalue weighted by Crippen LogP contribution is 2.32. The Morgan fingerprint density at radius 2 is 1.79 bits per heavy atom. The Bertz CT molecular complexity index is 1170. The lowest BCUT2D eigenvalue weighted by molar-refractivity contribution is -0.119. The smallest absolute Gasteiger partial charge is 0.241 e. The predicted octanol–water partition coefficient (Wildman–Crippen LogP) is 2.65. The van der Waals surface area contributed by atoms with E-state index in [1.165, 1.54) is 0 Å². The van der Waals surface area contributed by atoms with Crippen molar-refractivity contribution in [3.63, 3.8) is 0 Å². The molecule has 0 aromatic heterocycles. The molecule has 3 aromatic carbocycles. The van der Waals surface area contributed by atoms with Crippen LogP contribution in [0.1, 0.15) is 5.56 Å². The van der Waals surface area contributed by atoms with Crippen LogP contribution in [-0.4, -0.2) is 33.9 Å². The fourth-order valence-corrected chi connectivity index (χ4v) is 4.11. The maximum absolute atomic E-state index is 12.5. The Labute approximate surface area is 168 Å². The molecule has 1 aliphatic rings. The lowest BCUT2D eigenvalue weighted by Crippen LogP contribution is -2.40. The fraction of sp³-hybridized carbons (Fsp3) is 0.190. The second kappa shape index (κ2) is 7.63. The molecular weight excluding hydrogens is 392 g/mol. The molecule has 150 valence electrons. The topological polar surface area (TPSA) is 84.9 Å². The van der Waals surface area contributed by atoms with E-state index in [1.807, 2.05) is 36.4 Å². The maximum atomic E-state index is 12.5. The Hall–Kier alpha value is -3.26. The summed E-state index contributed by atoms with van der Waals surface area (Å²) in [6, 6.07) is 18.2. The number of nitrogens with one attached hydrogen (secondary N) is 1. The molecular formula is C21H20N2O5S. The highest BCUT2D eigenvalue weighted by molar-refractivity contribution is 7.92. The number of ether oxygens (including phenoxy) is 2. The van der Waals surface area contributed by atoms with Gasteiger partial charge in [-0.3, -0.25) is 9.10 Å². The molecule has 0 spiro atoms. The quantitative estimate of drug-likeness (QED) is 0.673. The summed E-state index contributed by atoms with van der Waals surface area (Å²) in [7, 11) is -3.66. The summed E-state index contributed by atoms with van der Waals surface area (Å²) in [5.41, 5.74) is 1.31. The largest absolute Gasteiger partial charge is 0.454 e. The van der Waals surface area contributed by atoms with Gasteiger partial charge in [-0.25, -0.2) is 8.42 Å². The van der Waals surface area contributed by atoms with E-state index in [1.54, 1.807) is 24.3 Å². The number of hydrogen-bond acceptors (Lipinski definition) is 5. The van der Waals surface area contributed by atoms with E-state index >= 15 is 0 Å². The standard InChI is InChI=1S/C21H20N2O5S/c1-29(25,26)23(18-8-4-6-16-5-2-3-7-17(16)18)13-21(24)22-12-15-9-10-19-20(11-15)28-14-27-19/h2-11H,12-14H2,1H3,(H,22,24). The molecule has 0 aliphatic carbocycles. The Morgan fingerprint density at radius 1 is 1.03 bits per heavy atom. The van der Waals surface area contributed by atoms with Crippen molar-refractivity contribution in [2.45, 2.75) is 6.54 Å². The van der Waals surface area contributed by atoms with Crippen LogP contribution in [0.5, 0.6) is 11.5 Å². The van der Waals surface area contributed by atoms with E-state index in [0.29, 0.717) is 17.2 Å². The number of anilines is 1. The number of nitrogens with zero attached hydrogens (tertiary/aromatic N) is 1. The van der Waals surface area contributed by atoms with Gasteiger partial charge in [0.15, 0.2) is 11.5 Å². The monoisotopic (exact) mass is 412 g/mol. The summed E-state index contributed by atoms with van der Waals surface area (Å²) in [4.78, 5) is 12.5. The molecule has 0 saturated heterocycles. The molecule has 0 bridgehead atoms. The number of amides is 1. The molecule has 4 rings (SSSR count). The molecule has 1 amide bonds. The van der Waals surface area contributed by atoms with Gasteiger partial charge in [-0.15, -0.1) is 0 Å². The van der Waals surface area contributed by atoms with Crippen molar-refractivity contribution in [3.8, 4) is 11.5 Å². The summed E-state index contributed by atoms with van der Waals surface area (Å²) in [5.74, 6) is 0.894. The average Bonchev–Trinajstić information content (AvgIpc) is 3.17. The van der Waals surface area contributed by atoms with E-state index < -0.39 is 15.9 Å². The van der Waals surface area contributed by atoms with E-state index in [4.69, 9.17) is 9.47 Å². The molecule has 1 heterocycles. The highest BCUT2D eigenvalue weighted by Gasteiger charge is 2.22. The zero-order valence-electron chi connectivity index (χ0n) is 15.8. The van der Waals surface area contributed by atoms with Crippen LogP contribution in [0.3, 0.4) is 0 Å². The molecule has 1 N–H and O–H groups in total. The third-order valence-electron chi connectivity index (χ3n) is 4.65. The first-order valence-electron chi connectivity index (χ1n) is 9.02. The number of carbonyl (C=O) groups excluding carboxylic acids is 1. The van der Waals surface area contributed by atoms with E-state index in [0.717, 1.165) is 26.9 Å². The van der Waals surface area contributed by atoms with Gasteiger partial charge in [0.2, 0.25) is 22.7 Å². The average molecular weight is 412 g/mol. The van der Waals surface area contributed by atoms with Gasteiger partial charge < -0.3 is 14.8 Å². The zero-order chi connectivity index (χ0) is 20.4. The van der Waals surface area contributed by atoms with Crippen molar-refractivity contribution >= 4 is 32.4 Å². The van der Waals surface area contributed by atoms with Crippen LogP contribution in [0.15, 0.2) is 60.7 Å². The summed E-state index contributed by atoms with van der Waals surface area (Å²) in [6.07, 6.45) is 1.10. The van der Waals surface area contributed by atoms with Crippen LogP contribution in [0.2, 0.25) is 0 Å². The van der Waals surface area contributed by atoms with Crippen molar-refractivity contribution in [1.82, 2.24) is 5.32 Å². The molecule has 0 atom stereocenters. The Balaban J connectivity index is 1.52. The molecule has 0 fully saturated rings. The maximum Gasteiger partial charge on any atom is 0.241 e. The van der Waals surface area contributed by atoms with Gasteiger partial charge in [-0.1, -0.05) is 42.5 Å². The van der Waals surface area contributed by atoms with Crippen LogP contribution >= 0.6 is 0 Å². The molecule has 1 aliphatic heterocycles. The number of hydrogen-bond donors (Lipinski definition) is 1. The van der Waals surface area contributed by atoms with Gasteiger partial charge in [-0.2, -0.15) is 0 Å². The first kappa shape index (κ1) is 19.1. The van der Waals surface area contributed by atoms with Crippen molar-refractivity contribution in [3.05, 3.63) is 66.2 Å². The first-order valence-corrected chi connectivity index (χ1v) is 10.9. The number of rotatable bonds is 6. The predicted molar refractivity (Wildman–Crippen MR) is 111 cm³/mol. The van der Waals surface area contributed by atoms with E-state index in [2.05, 4.69) is 5.32 Å². The summed E-state index contributed by atoms with van der Waals surface area (Å²) < 4.78 is 36.6. The zero-order valence-corrected chi connectivity index (χ0v) is 16.6. The van der Waals surface area contributed by atoms with Crippen molar-refractivity contribution in [2.75, 3.05) is 23.9 Å². The summed E-state index contributed by atoms with van der Waals surface area (Å²) >= 11 is 0. The van der Waals surface area contributed by atoms with E-state index in [-0.39, 0.29) is 19.9 Å². The van der Waals surface area contributed by atoms with Crippen LogP contribution in [0.4, 0.5) is 5.69 Å². The lowest BCUT2D eigenvalue weighted by Gasteiger charge is -2.23. The third-order valence-corrected chi connectivity index (χ3v) is 5.78. The highest BCUT2D eigenvalue weighted by atomic mass is 32.2. The van der Waals surface area contributed by atoms with Gasteiger partial charge in [0, 0.05) is 11.9 Å². The normalized spacial score (nSPS) is 12.7. The van der Waals surface area contributed by atoms with Crippen molar-refractivity contribution in [1.29, 1.82) is 0 Å². The Morgan fingerprint density at radius 3 is 2.62 bits per heavy atom. The minimum absolute atomic E-state index is 0.180. The molecule has 0 radical (unpaired) electrons. The Kier molecular flexibility index (Phi) is 5.02. The van der Waals surface area contributed by atoms with Crippen LogP contribution in [0.25, 0.3) is 10.8 Å². The molecule has 3 aromatic rings. The second-order valence-corrected chi connectivity index (χ2v) is 8.64. The van der Waals surface area contributed by atoms with E-state index in [9.17, 15) is 13.2 Å². The first-order chi connectivity index (χ1) is 13.9.